The molecular formula is C20H20ClF3N2O3. The summed E-state index contributed by atoms with van der Waals surface area (Å²) < 4.78 is 31.7. The predicted octanol–water partition coefficient (Wildman–Crippen LogP) is 4.75. The Kier molecular flexibility index (Phi) is 7.90. The number of hydrogen-bond acceptors (Lipinski definition) is 3. The molecule has 3 rings (SSSR count). The van der Waals surface area contributed by atoms with Crippen LogP contribution >= 0.6 is 11.6 Å². The van der Waals surface area contributed by atoms with E-state index in [1.165, 1.54) is 12.8 Å². The number of aliphatic carboxylic acids is 1. The average molecular weight is 429 g/mol. The molecular weight excluding hydrogens is 409 g/mol. The van der Waals surface area contributed by atoms with Crippen LogP contribution in [-0.2, 0) is 16.0 Å². The molecule has 0 unspecified atom stereocenters. The summed E-state index contributed by atoms with van der Waals surface area (Å²) in [7, 11) is 0. The molecule has 2 N–H and O–H groups in total. The van der Waals surface area contributed by atoms with E-state index >= 15 is 0 Å². The maximum absolute atomic E-state index is 12.3. The third-order valence-electron chi connectivity index (χ3n) is 4.12. The number of hydrogen-bond donors (Lipinski definition) is 2. The molecule has 156 valence electrons. The Balaban J connectivity index is 0.000000370. The van der Waals surface area contributed by atoms with Gasteiger partial charge >= 0.3 is 12.1 Å². The van der Waals surface area contributed by atoms with Crippen LogP contribution in [0.4, 0.5) is 24.5 Å². The van der Waals surface area contributed by atoms with Gasteiger partial charge in [0.25, 0.3) is 0 Å². The molecule has 0 bridgehead atoms. The molecule has 0 radical (unpaired) electrons. The number of carboxylic acid groups (broad SMARTS) is 1. The van der Waals surface area contributed by atoms with Gasteiger partial charge in [0, 0.05) is 18.1 Å². The first-order valence-corrected chi connectivity index (χ1v) is 9.23. The van der Waals surface area contributed by atoms with Crippen LogP contribution in [-0.4, -0.2) is 36.2 Å². The first-order valence-electron chi connectivity index (χ1n) is 8.85. The molecule has 1 heterocycles. The fourth-order valence-electron chi connectivity index (χ4n) is 2.84. The molecule has 2 aromatic carbocycles. The third kappa shape index (κ3) is 7.30. The van der Waals surface area contributed by atoms with Gasteiger partial charge in [-0.15, -0.1) is 0 Å². The maximum Gasteiger partial charge on any atom is 0.490 e. The Morgan fingerprint density at radius 2 is 1.69 bits per heavy atom. The molecule has 5 nitrogen and oxygen atoms in total. The number of carboxylic acids is 1. The number of carbonyl (C=O) groups excluding carboxylic acids is 1. The van der Waals surface area contributed by atoms with E-state index in [1.54, 1.807) is 0 Å². The van der Waals surface area contributed by atoms with Gasteiger partial charge in [0.1, 0.15) is 0 Å². The summed E-state index contributed by atoms with van der Waals surface area (Å²) in [5, 5.41) is 10.8. The molecule has 1 fully saturated rings. The van der Waals surface area contributed by atoms with Crippen molar-refractivity contribution >= 4 is 34.9 Å². The average Bonchev–Trinajstić information content (AvgIpc) is 3.16. The summed E-state index contributed by atoms with van der Waals surface area (Å²) in [5.74, 6) is -2.78. The second-order valence-electron chi connectivity index (χ2n) is 6.37. The van der Waals surface area contributed by atoms with Gasteiger partial charge in [-0.25, -0.2) is 4.79 Å². The van der Waals surface area contributed by atoms with Crippen molar-refractivity contribution in [3.63, 3.8) is 0 Å². The van der Waals surface area contributed by atoms with Gasteiger partial charge in [-0.1, -0.05) is 35.9 Å². The van der Waals surface area contributed by atoms with Crippen LogP contribution in [0.25, 0.3) is 0 Å². The van der Waals surface area contributed by atoms with Crippen molar-refractivity contribution < 1.29 is 27.9 Å². The van der Waals surface area contributed by atoms with E-state index < -0.39 is 12.1 Å². The smallest absolute Gasteiger partial charge is 0.475 e. The van der Waals surface area contributed by atoms with Crippen LogP contribution in [0.1, 0.15) is 18.4 Å². The van der Waals surface area contributed by atoms with Crippen molar-refractivity contribution in [3.05, 3.63) is 59.1 Å². The van der Waals surface area contributed by atoms with Gasteiger partial charge in [-0.3, -0.25) is 4.79 Å². The van der Waals surface area contributed by atoms with E-state index in [2.05, 4.69) is 16.3 Å². The highest BCUT2D eigenvalue weighted by molar-refractivity contribution is 6.30. The van der Waals surface area contributed by atoms with Crippen molar-refractivity contribution in [2.45, 2.75) is 25.4 Å². The monoisotopic (exact) mass is 428 g/mol. The minimum absolute atomic E-state index is 0.0195. The summed E-state index contributed by atoms with van der Waals surface area (Å²) in [6.45, 7) is 2.11. The molecule has 0 aromatic heterocycles. The molecule has 9 heteroatoms. The van der Waals surface area contributed by atoms with E-state index in [4.69, 9.17) is 21.5 Å². The highest BCUT2D eigenvalue weighted by Gasteiger charge is 2.38. The maximum atomic E-state index is 12.3. The quantitative estimate of drug-likeness (QED) is 0.737. The molecule has 0 spiro atoms. The molecule has 1 amide bonds. The fraction of sp³-hybridized carbons (Fsp3) is 0.300. The normalized spacial score (nSPS) is 13.4. The van der Waals surface area contributed by atoms with E-state index in [0.29, 0.717) is 11.4 Å². The summed E-state index contributed by atoms with van der Waals surface area (Å²) in [5.41, 5.74) is 2.92. The Morgan fingerprint density at radius 1 is 1.07 bits per heavy atom. The number of nitrogens with one attached hydrogen (secondary N) is 1. The minimum Gasteiger partial charge on any atom is -0.475 e. The molecule has 29 heavy (non-hydrogen) atoms. The van der Waals surface area contributed by atoms with Crippen LogP contribution in [0.15, 0.2) is 48.5 Å². The van der Waals surface area contributed by atoms with E-state index in [-0.39, 0.29) is 5.91 Å². The number of halogens is 4. The highest BCUT2D eigenvalue weighted by Crippen LogP contribution is 2.28. The molecule has 0 atom stereocenters. The van der Waals surface area contributed by atoms with Crippen molar-refractivity contribution in [3.8, 4) is 0 Å². The Bertz CT molecular complexity index is 853. The standard InChI is InChI=1S/C18H19ClN2O.C2HF3O2/c19-15-7-5-6-14(12-15)13-18(22)20-16-8-1-2-9-17(16)21-10-3-4-11-21;3-2(4,5)1(6)7/h1-2,5-9,12H,3-4,10-11,13H2,(H,20,22);(H,6,7). The molecule has 1 saturated heterocycles. The second kappa shape index (κ2) is 10.2. The summed E-state index contributed by atoms with van der Waals surface area (Å²) in [4.78, 5) is 23.5. The van der Waals surface area contributed by atoms with Gasteiger partial charge < -0.3 is 15.3 Å². The van der Waals surface area contributed by atoms with Crippen molar-refractivity contribution in [1.29, 1.82) is 0 Å². The predicted molar refractivity (Wildman–Crippen MR) is 105 cm³/mol. The van der Waals surface area contributed by atoms with Gasteiger partial charge in [0.05, 0.1) is 17.8 Å². The number of rotatable bonds is 4. The van der Waals surface area contributed by atoms with Crippen LogP contribution in [0.3, 0.4) is 0 Å². The third-order valence-corrected chi connectivity index (χ3v) is 4.36. The Morgan fingerprint density at radius 3 is 2.28 bits per heavy atom. The van der Waals surface area contributed by atoms with E-state index in [9.17, 15) is 18.0 Å². The molecule has 1 aliphatic heterocycles. The second-order valence-corrected chi connectivity index (χ2v) is 6.81. The van der Waals surface area contributed by atoms with Crippen molar-refractivity contribution in [2.75, 3.05) is 23.3 Å². The molecule has 1 aliphatic rings. The minimum atomic E-state index is -5.08. The van der Waals surface area contributed by atoms with Crippen LogP contribution in [0.2, 0.25) is 5.02 Å². The van der Waals surface area contributed by atoms with Crippen LogP contribution in [0.5, 0.6) is 0 Å². The number of amides is 1. The summed E-state index contributed by atoms with van der Waals surface area (Å²) >= 11 is 5.96. The van der Waals surface area contributed by atoms with E-state index in [0.717, 1.165) is 30.0 Å². The van der Waals surface area contributed by atoms with Gasteiger partial charge in [0.2, 0.25) is 5.91 Å². The lowest BCUT2D eigenvalue weighted by Gasteiger charge is -2.21. The van der Waals surface area contributed by atoms with Gasteiger partial charge in [-0.2, -0.15) is 13.2 Å². The SMILES string of the molecule is O=C(Cc1cccc(Cl)c1)Nc1ccccc1N1CCCC1.O=C(O)C(F)(F)F. The van der Waals surface area contributed by atoms with Crippen molar-refractivity contribution in [2.24, 2.45) is 0 Å². The number of nitrogens with zero attached hydrogens (tertiary/aromatic N) is 1. The van der Waals surface area contributed by atoms with Crippen molar-refractivity contribution in [1.82, 2.24) is 0 Å². The zero-order chi connectivity index (χ0) is 21.4. The molecule has 0 saturated carbocycles. The zero-order valence-corrected chi connectivity index (χ0v) is 16.1. The van der Waals surface area contributed by atoms with Gasteiger partial charge in [-0.05, 0) is 42.7 Å². The lowest BCUT2D eigenvalue weighted by molar-refractivity contribution is -0.192. The number of para-hydroxylation sites is 2. The number of benzene rings is 2. The Labute approximate surface area is 171 Å². The topological polar surface area (TPSA) is 69.6 Å². The fourth-order valence-corrected chi connectivity index (χ4v) is 3.05. The molecule has 2 aromatic rings. The first-order chi connectivity index (χ1) is 13.7. The van der Waals surface area contributed by atoms with Gasteiger partial charge in [0.15, 0.2) is 0 Å². The largest absolute Gasteiger partial charge is 0.490 e. The molecule has 0 aliphatic carbocycles. The lowest BCUT2D eigenvalue weighted by atomic mass is 10.1. The number of alkyl halides is 3. The number of carbonyl (C=O) groups is 2. The van der Waals surface area contributed by atoms with Crippen LogP contribution in [0, 0.1) is 0 Å². The highest BCUT2D eigenvalue weighted by atomic mass is 35.5. The summed E-state index contributed by atoms with van der Waals surface area (Å²) in [6, 6.07) is 15.4. The van der Waals surface area contributed by atoms with E-state index in [1.807, 2.05) is 42.5 Å². The Hall–Kier alpha value is -2.74. The zero-order valence-electron chi connectivity index (χ0n) is 15.4. The lowest BCUT2D eigenvalue weighted by Crippen LogP contribution is -2.21. The first kappa shape index (κ1) is 22.5. The van der Waals surface area contributed by atoms with Crippen LogP contribution < -0.4 is 10.2 Å². The summed E-state index contributed by atoms with van der Waals surface area (Å²) in [6.07, 6.45) is -2.33. The number of anilines is 2.